The van der Waals surface area contributed by atoms with Gasteiger partial charge in [-0.25, -0.2) is 0 Å². The van der Waals surface area contributed by atoms with Gasteiger partial charge in [0.05, 0.1) is 0 Å². The molecule has 0 radical (unpaired) electrons. The van der Waals surface area contributed by atoms with E-state index in [4.69, 9.17) is 0 Å². The molecule has 1 saturated carbocycles. The highest BCUT2D eigenvalue weighted by Crippen LogP contribution is 2.42. The van der Waals surface area contributed by atoms with Crippen LogP contribution < -0.4 is 0 Å². The number of rotatable bonds is 2. The van der Waals surface area contributed by atoms with Crippen LogP contribution in [0.25, 0.3) is 0 Å². The van der Waals surface area contributed by atoms with Gasteiger partial charge in [0, 0.05) is 12.1 Å². The molecule has 0 aromatic rings. The minimum absolute atomic E-state index is 0.212. The van der Waals surface area contributed by atoms with Gasteiger partial charge in [-0.2, -0.15) is 0 Å². The van der Waals surface area contributed by atoms with Crippen molar-refractivity contribution in [3.05, 3.63) is 0 Å². The second-order valence-corrected chi connectivity index (χ2v) is 7.04. The number of nitrogens with zero attached hydrogens (tertiary/aromatic N) is 2. The number of hydrogen-bond donors (Lipinski definition) is 1. The Kier molecular flexibility index (Phi) is 4.32. The van der Waals surface area contributed by atoms with Crippen molar-refractivity contribution in [1.82, 2.24) is 9.80 Å². The van der Waals surface area contributed by atoms with Crippen molar-refractivity contribution < 1.29 is 9.90 Å². The fourth-order valence-electron chi connectivity index (χ4n) is 4.77. The van der Waals surface area contributed by atoms with Crippen LogP contribution in [0.15, 0.2) is 0 Å². The summed E-state index contributed by atoms with van der Waals surface area (Å²) in [7, 11) is 2.18. The Morgan fingerprint density at radius 2 is 1.85 bits per heavy atom. The van der Waals surface area contributed by atoms with Gasteiger partial charge in [-0.3, -0.25) is 9.69 Å². The molecule has 2 saturated heterocycles. The first-order chi connectivity index (χ1) is 9.66. The Balaban J connectivity index is 1.77. The number of hydrogen-bond acceptors (Lipinski definition) is 3. The number of carboxylic acid groups (broad SMARTS) is 1. The summed E-state index contributed by atoms with van der Waals surface area (Å²) in [5.74, 6) is 0.0582. The summed E-state index contributed by atoms with van der Waals surface area (Å²) < 4.78 is 0. The predicted molar refractivity (Wildman–Crippen MR) is 78.8 cm³/mol. The highest BCUT2D eigenvalue weighted by Gasteiger charge is 2.47. The van der Waals surface area contributed by atoms with Crippen LogP contribution in [-0.4, -0.2) is 59.1 Å². The minimum atomic E-state index is -0.586. The van der Waals surface area contributed by atoms with Crippen molar-refractivity contribution in [1.29, 1.82) is 0 Å². The van der Waals surface area contributed by atoms with Crippen molar-refractivity contribution in [2.24, 2.45) is 5.92 Å². The van der Waals surface area contributed by atoms with E-state index in [0.29, 0.717) is 18.0 Å². The SMILES string of the molecule is CN1CCCC(N2C(C(=O)O)CC3CCCCC32)CC1. The first-order valence-corrected chi connectivity index (χ1v) is 8.35. The molecule has 2 heterocycles. The molecule has 4 unspecified atom stereocenters. The maximum Gasteiger partial charge on any atom is 0.320 e. The fourth-order valence-corrected chi connectivity index (χ4v) is 4.77. The monoisotopic (exact) mass is 280 g/mol. The van der Waals surface area contributed by atoms with Crippen molar-refractivity contribution in [3.63, 3.8) is 0 Å². The van der Waals surface area contributed by atoms with Gasteiger partial charge in [0.1, 0.15) is 6.04 Å². The number of fused-ring (bicyclic) bond motifs is 1. The molecule has 3 rings (SSSR count). The Labute approximate surface area is 122 Å². The number of aliphatic carboxylic acids is 1. The Morgan fingerprint density at radius 1 is 1.05 bits per heavy atom. The molecule has 4 atom stereocenters. The van der Waals surface area contributed by atoms with Crippen LogP contribution in [0.2, 0.25) is 0 Å². The average molecular weight is 280 g/mol. The molecule has 4 heteroatoms. The summed E-state index contributed by atoms with van der Waals surface area (Å²) in [6, 6.07) is 0.837. The summed E-state index contributed by atoms with van der Waals surface area (Å²) in [5, 5.41) is 9.63. The zero-order valence-corrected chi connectivity index (χ0v) is 12.6. The topological polar surface area (TPSA) is 43.8 Å². The van der Waals surface area contributed by atoms with Gasteiger partial charge in [-0.05, 0) is 64.6 Å². The maximum atomic E-state index is 11.7. The van der Waals surface area contributed by atoms with Crippen LogP contribution in [-0.2, 0) is 4.79 Å². The number of carboxylic acids is 1. The van der Waals surface area contributed by atoms with Gasteiger partial charge in [0.2, 0.25) is 0 Å². The van der Waals surface area contributed by atoms with E-state index in [1.54, 1.807) is 0 Å². The Hall–Kier alpha value is -0.610. The molecule has 0 aromatic carbocycles. The molecule has 3 aliphatic rings. The van der Waals surface area contributed by atoms with Crippen molar-refractivity contribution in [2.45, 2.75) is 69.5 Å². The van der Waals surface area contributed by atoms with Crippen LogP contribution >= 0.6 is 0 Å². The van der Waals surface area contributed by atoms with E-state index in [0.717, 1.165) is 25.9 Å². The van der Waals surface area contributed by atoms with Crippen LogP contribution in [0.3, 0.4) is 0 Å². The highest BCUT2D eigenvalue weighted by molar-refractivity contribution is 5.74. The van der Waals surface area contributed by atoms with E-state index in [1.165, 1.54) is 38.5 Å². The molecule has 20 heavy (non-hydrogen) atoms. The molecule has 0 spiro atoms. The largest absolute Gasteiger partial charge is 0.480 e. The summed E-state index contributed by atoms with van der Waals surface area (Å²) in [6.07, 6.45) is 9.48. The van der Waals surface area contributed by atoms with E-state index in [-0.39, 0.29) is 6.04 Å². The quantitative estimate of drug-likeness (QED) is 0.842. The van der Waals surface area contributed by atoms with Crippen LogP contribution in [0.5, 0.6) is 0 Å². The Bertz CT molecular complexity index is 360. The summed E-state index contributed by atoms with van der Waals surface area (Å²) in [5.41, 5.74) is 0. The summed E-state index contributed by atoms with van der Waals surface area (Å²) in [6.45, 7) is 2.28. The summed E-state index contributed by atoms with van der Waals surface area (Å²) in [4.78, 5) is 16.5. The van der Waals surface area contributed by atoms with E-state index < -0.39 is 5.97 Å². The molecule has 0 amide bonds. The molecule has 1 N–H and O–H groups in total. The lowest BCUT2D eigenvalue weighted by Crippen LogP contribution is -2.48. The molecule has 0 bridgehead atoms. The van der Waals surface area contributed by atoms with Crippen molar-refractivity contribution >= 4 is 5.97 Å². The fraction of sp³-hybridized carbons (Fsp3) is 0.938. The second-order valence-electron chi connectivity index (χ2n) is 7.04. The normalized spacial score (nSPS) is 40.2. The lowest BCUT2D eigenvalue weighted by atomic mass is 9.84. The van der Waals surface area contributed by atoms with Gasteiger partial charge in [0.25, 0.3) is 0 Å². The zero-order chi connectivity index (χ0) is 14.1. The number of likely N-dealkylation sites (tertiary alicyclic amines) is 2. The van der Waals surface area contributed by atoms with Crippen LogP contribution in [0, 0.1) is 5.92 Å². The number of carbonyl (C=O) groups is 1. The predicted octanol–water partition coefficient (Wildman–Crippen LogP) is 2.19. The van der Waals surface area contributed by atoms with Gasteiger partial charge >= 0.3 is 5.97 Å². The van der Waals surface area contributed by atoms with E-state index in [1.807, 2.05) is 0 Å². The molecule has 2 aliphatic heterocycles. The van der Waals surface area contributed by atoms with Gasteiger partial charge in [-0.1, -0.05) is 12.8 Å². The molecule has 3 fully saturated rings. The van der Waals surface area contributed by atoms with Gasteiger partial charge in [0.15, 0.2) is 0 Å². The second kappa shape index (κ2) is 6.02. The molecule has 4 nitrogen and oxygen atoms in total. The molecular formula is C16H28N2O2. The maximum absolute atomic E-state index is 11.7. The molecular weight excluding hydrogens is 252 g/mol. The highest BCUT2D eigenvalue weighted by atomic mass is 16.4. The van der Waals surface area contributed by atoms with E-state index in [2.05, 4.69) is 16.8 Å². The molecule has 114 valence electrons. The molecule has 0 aromatic heterocycles. The first-order valence-electron chi connectivity index (χ1n) is 8.35. The third-order valence-corrected chi connectivity index (χ3v) is 5.77. The van der Waals surface area contributed by atoms with Crippen molar-refractivity contribution in [2.75, 3.05) is 20.1 Å². The third kappa shape index (κ3) is 2.73. The molecule has 1 aliphatic carbocycles. The summed E-state index contributed by atoms with van der Waals surface area (Å²) >= 11 is 0. The van der Waals surface area contributed by atoms with E-state index in [9.17, 15) is 9.90 Å². The van der Waals surface area contributed by atoms with Crippen LogP contribution in [0.4, 0.5) is 0 Å². The van der Waals surface area contributed by atoms with Crippen molar-refractivity contribution in [3.8, 4) is 0 Å². The van der Waals surface area contributed by atoms with Gasteiger partial charge in [-0.15, -0.1) is 0 Å². The first kappa shape index (κ1) is 14.3. The standard InChI is InChI=1S/C16H28N2O2/c1-17-9-4-6-13(8-10-17)18-14-7-3-2-5-12(14)11-15(18)16(19)20/h12-15H,2-11H2,1H3,(H,19,20). The smallest absolute Gasteiger partial charge is 0.320 e. The zero-order valence-electron chi connectivity index (χ0n) is 12.6. The lowest BCUT2D eigenvalue weighted by molar-refractivity contribution is -0.143. The van der Waals surface area contributed by atoms with Crippen LogP contribution in [0.1, 0.15) is 51.4 Å². The van der Waals surface area contributed by atoms with Gasteiger partial charge < -0.3 is 10.0 Å². The average Bonchev–Trinajstić information content (AvgIpc) is 2.70. The van der Waals surface area contributed by atoms with E-state index >= 15 is 0 Å². The third-order valence-electron chi connectivity index (χ3n) is 5.77. The lowest BCUT2D eigenvalue weighted by Gasteiger charge is -2.38. The Morgan fingerprint density at radius 3 is 2.65 bits per heavy atom. The minimum Gasteiger partial charge on any atom is -0.480 e.